The van der Waals surface area contributed by atoms with Gasteiger partial charge in [0.25, 0.3) is 5.91 Å². The minimum Gasteiger partial charge on any atom is -0.440 e. The molecule has 1 aliphatic carbocycles. The van der Waals surface area contributed by atoms with Gasteiger partial charge in [0.05, 0.1) is 5.54 Å². The number of anilines is 1. The number of nitrogens with one attached hydrogen (secondary N) is 2. The number of alkyl carbamates (subject to hydrolysis) is 1. The molecule has 2 spiro atoms. The summed E-state index contributed by atoms with van der Waals surface area (Å²) in [7, 11) is 1.77. The molecule has 2 saturated heterocycles. The number of piperidine rings is 1. The first-order valence-corrected chi connectivity index (χ1v) is 9.87. The molecule has 28 heavy (non-hydrogen) atoms. The number of carbonyl (C=O) groups is 3. The summed E-state index contributed by atoms with van der Waals surface area (Å²) >= 11 is 0. The number of fused-ring (bicyclic) bond motifs is 2. The SMILES string of the molecule is CN1Cc2ccc(NC(=O)N3CCC4(CC3)OC(=O)NC43CCC3)cc2C1=O. The van der Waals surface area contributed by atoms with E-state index in [2.05, 4.69) is 10.6 Å². The van der Waals surface area contributed by atoms with E-state index < -0.39 is 5.60 Å². The van der Waals surface area contributed by atoms with E-state index in [0.717, 1.165) is 24.8 Å². The number of urea groups is 1. The quantitative estimate of drug-likeness (QED) is 0.777. The minimum atomic E-state index is -0.482. The Morgan fingerprint density at radius 3 is 2.61 bits per heavy atom. The molecule has 2 N–H and O–H groups in total. The maximum Gasteiger partial charge on any atom is 0.408 e. The molecule has 1 aromatic rings. The van der Waals surface area contributed by atoms with Gasteiger partial charge < -0.3 is 25.2 Å². The zero-order valence-electron chi connectivity index (χ0n) is 15.9. The van der Waals surface area contributed by atoms with Crippen LogP contribution in [-0.4, -0.2) is 59.1 Å². The van der Waals surface area contributed by atoms with Crippen LogP contribution < -0.4 is 10.6 Å². The topological polar surface area (TPSA) is 91.0 Å². The summed E-state index contributed by atoms with van der Waals surface area (Å²) in [5.74, 6) is -0.0210. The predicted octanol–water partition coefficient (Wildman–Crippen LogP) is 2.30. The van der Waals surface area contributed by atoms with Crippen molar-refractivity contribution >= 4 is 23.7 Å². The Morgan fingerprint density at radius 2 is 1.93 bits per heavy atom. The molecule has 3 heterocycles. The Hall–Kier alpha value is -2.77. The van der Waals surface area contributed by atoms with Crippen LogP contribution in [0.1, 0.15) is 48.0 Å². The lowest BCUT2D eigenvalue weighted by Crippen LogP contribution is -2.65. The first-order chi connectivity index (χ1) is 13.4. The number of amides is 4. The Bertz CT molecular complexity index is 871. The highest BCUT2D eigenvalue weighted by molar-refractivity contribution is 6.00. The molecular weight excluding hydrogens is 360 g/mol. The highest BCUT2D eigenvalue weighted by atomic mass is 16.6. The third-order valence-corrected chi connectivity index (χ3v) is 6.91. The predicted molar refractivity (Wildman–Crippen MR) is 101 cm³/mol. The van der Waals surface area contributed by atoms with Gasteiger partial charge in [-0.3, -0.25) is 4.79 Å². The van der Waals surface area contributed by atoms with E-state index in [1.165, 1.54) is 0 Å². The van der Waals surface area contributed by atoms with Crippen LogP contribution in [0.15, 0.2) is 18.2 Å². The first-order valence-electron chi connectivity index (χ1n) is 9.87. The second kappa shape index (κ2) is 5.86. The van der Waals surface area contributed by atoms with Gasteiger partial charge in [-0.2, -0.15) is 0 Å². The Labute approximate surface area is 163 Å². The van der Waals surface area contributed by atoms with E-state index in [9.17, 15) is 14.4 Å². The van der Waals surface area contributed by atoms with E-state index in [-0.39, 0.29) is 23.6 Å². The van der Waals surface area contributed by atoms with Crippen molar-refractivity contribution in [3.05, 3.63) is 29.3 Å². The zero-order valence-corrected chi connectivity index (χ0v) is 15.9. The van der Waals surface area contributed by atoms with Gasteiger partial charge in [0.1, 0.15) is 5.60 Å². The fourth-order valence-corrected chi connectivity index (χ4v) is 5.10. The fraction of sp³-hybridized carbons (Fsp3) is 0.550. The average molecular weight is 384 g/mol. The van der Waals surface area contributed by atoms with Crippen molar-refractivity contribution in [1.29, 1.82) is 0 Å². The molecule has 8 heteroatoms. The van der Waals surface area contributed by atoms with Crippen LogP contribution in [0, 0.1) is 0 Å². The van der Waals surface area contributed by atoms with E-state index in [1.54, 1.807) is 22.9 Å². The van der Waals surface area contributed by atoms with Crippen LogP contribution in [0.25, 0.3) is 0 Å². The van der Waals surface area contributed by atoms with Crippen molar-refractivity contribution in [3.8, 4) is 0 Å². The molecule has 0 aromatic heterocycles. The maximum absolute atomic E-state index is 12.7. The van der Waals surface area contributed by atoms with Crippen molar-refractivity contribution in [2.45, 2.75) is 49.8 Å². The number of nitrogens with zero attached hydrogens (tertiary/aromatic N) is 2. The molecule has 0 atom stereocenters. The smallest absolute Gasteiger partial charge is 0.408 e. The molecule has 5 rings (SSSR count). The van der Waals surface area contributed by atoms with Crippen LogP contribution in [-0.2, 0) is 11.3 Å². The van der Waals surface area contributed by atoms with Gasteiger partial charge in [0, 0.05) is 50.8 Å². The third kappa shape index (κ3) is 2.40. The summed E-state index contributed by atoms with van der Waals surface area (Å²) in [5.41, 5.74) is 1.53. The zero-order chi connectivity index (χ0) is 19.5. The Kier molecular flexibility index (Phi) is 3.63. The summed E-state index contributed by atoms with van der Waals surface area (Å²) < 4.78 is 5.72. The summed E-state index contributed by atoms with van der Waals surface area (Å²) in [6.07, 6.45) is 3.96. The molecule has 1 saturated carbocycles. The van der Waals surface area contributed by atoms with Crippen molar-refractivity contribution in [2.24, 2.45) is 0 Å². The maximum atomic E-state index is 12.7. The van der Waals surface area contributed by atoms with Crippen molar-refractivity contribution in [2.75, 3.05) is 25.5 Å². The molecule has 8 nitrogen and oxygen atoms in total. The van der Waals surface area contributed by atoms with Crippen molar-refractivity contribution in [3.63, 3.8) is 0 Å². The van der Waals surface area contributed by atoms with Crippen LogP contribution in [0.4, 0.5) is 15.3 Å². The van der Waals surface area contributed by atoms with Gasteiger partial charge >= 0.3 is 12.1 Å². The van der Waals surface area contributed by atoms with Gasteiger partial charge in [-0.25, -0.2) is 9.59 Å². The molecule has 3 aliphatic heterocycles. The molecular formula is C20H24N4O4. The average Bonchev–Trinajstić information content (AvgIpc) is 3.09. The fourth-order valence-electron chi connectivity index (χ4n) is 5.10. The van der Waals surface area contributed by atoms with E-state index >= 15 is 0 Å². The molecule has 3 fully saturated rings. The normalized spacial score (nSPS) is 24.0. The van der Waals surface area contributed by atoms with E-state index in [4.69, 9.17) is 4.74 Å². The monoisotopic (exact) mass is 384 g/mol. The molecule has 4 amide bonds. The van der Waals surface area contributed by atoms with Crippen LogP contribution >= 0.6 is 0 Å². The second-order valence-electron chi connectivity index (χ2n) is 8.39. The number of hydrogen-bond donors (Lipinski definition) is 2. The first kappa shape index (κ1) is 17.3. The number of carbonyl (C=O) groups excluding carboxylic acids is 3. The van der Waals surface area contributed by atoms with Gasteiger partial charge in [0.2, 0.25) is 0 Å². The lowest BCUT2D eigenvalue weighted by molar-refractivity contribution is -0.0683. The van der Waals surface area contributed by atoms with Crippen molar-refractivity contribution < 1.29 is 19.1 Å². The molecule has 0 bridgehead atoms. The Balaban J connectivity index is 1.25. The largest absolute Gasteiger partial charge is 0.440 e. The van der Waals surface area contributed by atoms with E-state index in [0.29, 0.717) is 43.7 Å². The molecule has 0 radical (unpaired) electrons. The number of hydrogen-bond acceptors (Lipinski definition) is 4. The van der Waals surface area contributed by atoms with Crippen LogP contribution in [0.3, 0.4) is 0 Å². The van der Waals surface area contributed by atoms with Crippen molar-refractivity contribution in [1.82, 2.24) is 15.1 Å². The molecule has 148 valence electrons. The summed E-state index contributed by atoms with van der Waals surface area (Å²) in [6.45, 7) is 1.68. The summed E-state index contributed by atoms with van der Waals surface area (Å²) in [4.78, 5) is 40.2. The molecule has 4 aliphatic rings. The number of rotatable bonds is 1. The number of benzene rings is 1. The lowest BCUT2D eigenvalue weighted by Gasteiger charge is -2.51. The highest BCUT2D eigenvalue weighted by Gasteiger charge is 2.63. The van der Waals surface area contributed by atoms with Gasteiger partial charge in [0.15, 0.2) is 0 Å². The molecule has 0 unspecified atom stereocenters. The number of ether oxygens (including phenoxy) is 1. The van der Waals surface area contributed by atoms with Crippen LogP contribution in [0.5, 0.6) is 0 Å². The minimum absolute atomic E-state index is 0.0210. The van der Waals surface area contributed by atoms with Gasteiger partial charge in [-0.1, -0.05) is 6.07 Å². The Morgan fingerprint density at radius 1 is 1.18 bits per heavy atom. The van der Waals surface area contributed by atoms with E-state index in [1.807, 2.05) is 12.1 Å². The standard InChI is InChI=1S/C20H24N4O4/c1-23-12-13-3-4-14(11-15(13)16(23)25)21-17(26)24-9-7-20(8-10-24)19(5-2-6-19)22-18(27)28-20/h3-4,11H,2,5-10,12H2,1H3,(H,21,26)(H,22,27). The van der Waals surface area contributed by atoms with Gasteiger partial charge in [-0.15, -0.1) is 0 Å². The van der Waals surface area contributed by atoms with Gasteiger partial charge in [-0.05, 0) is 37.0 Å². The highest BCUT2D eigenvalue weighted by Crippen LogP contribution is 2.51. The third-order valence-electron chi connectivity index (χ3n) is 6.91. The lowest BCUT2D eigenvalue weighted by atomic mass is 9.62. The second-order valence-corrected chi connectivity index (χ2v) is 8.39. The molecule has 1 aromatic carbocycles. The summed E-state index contributed by atoms with van der Waals surface area (Å²) in [5, 5.41) is 5.93. The number of likely N-dealkylation sites (tertiary alicyclic amines) is 1. The van der Waals surface area contributed by atoms with Crippen LogP contribution in [0.2, 0.25) is 0 Å². The summed E-state index contributed by atoms with van der Waals surface area (Å²) in [6, 6.07) is 5.28.